The first-order chi connectivity index (χ1) is 10.3. The summed E-state index contributed by atoms with van der Waals surface area (Å²) >= 11 is 0. The number of aromatic nitrogens is 1. The molecule has 0 bridgehead atoms. The summed E-state index contributed by atoms with van der Waals surface area (Å²) in [5, 5.41) is 2.86. The molecule has 0 radical (unpaired) electrons. The van der Waals surface area contributed by atoms with E-state index < -0.39 is 0 Å². The fourth-order valence-corrected chi connectivity index (χ4v) is 2.41. The van der Waals surface area contributed by atoms with Crippen molar-refractivity contribution in [2.24, 2.45) is 0 Å². The topological polar surface area (TPSA) is 45.2 Å². The molecule has 1 aromatic carbocycles. The van der Waals surface area contributed by atoms with Crippen molar-refractivity contribution in [2.75, 3.05) is 18.4 Å². The van der Waals surface area contributed by atoms with Gasteiger partial charge in [0.15, 0.2) is 0 Å². The highest BCUT2D eigenvalue weighted by Crippen LogP contribution is 2.22. The van der Waals surface area contributed by atoms with E-state index in [2.05, 4.69) is 28.5 Å². The standard InChI is InChI=1S/C17H17N3O/c21-17(19-16-7-4-10-18-13-16)20-11-8-15(9-12-20)14-5-2-1-3-6-14/h1-8,10,13H,9,11-12H2,(H,19,21). The lowest BCUT2D eigenvalue weighted by atomic mass is 10.00. The van der Waals surface area contributed by atoms with Gasteiger partial charge in [-0.3, -0.25) is 4.98 Å². The summed E-state index contributed by atoms with van der Waals surface area (Å²) in [6.45, 7) is 1.36. The molecule has 2 heterocycles. The second-order valence-electron chi connectivity index (χ2n) is 4.96. The Morgan fingerprint density at radius 2 is 2.00 bits per heavy atom. The van der Waals surface area contributed by atoms with Gasteiger partial charge < -0.3 is 10.2 Å². The van der Waals surface area contributed by atoms with Crippen LogP contribution in [0.15, 0.2) is 60.9 Å². The molecular weight excluding hydrogens is 262 g/mol. The third-order valence-electron chi connectivity index (χ3n) is 3.55. The van der Waals surface area contributed by atoms with E-state index in [1.165, 1.54) is 11.1 Å². The molecule has 3 rings (SSSR count). The summed E-state index contributed by atoms with van der Waals surface area (Å²) in [5.41, 5.74) is 3.27. The van der Waals surface area contributed by atoms with E-state index >= 15 is 0 Å². The molecule has 0 atom stereocenters. The number of nitrogens with one attached hydrogen (secondary N) is 1. The minimum atomic E-state index is -0.0774. The number of pyridine rings is 1. The monoisotopic (exact) mass is 279 g/mol. The molecule has 0 saturated carbocycles. The van der Waals surface area contributed by atoms with Crippen LogP contribution >= 0.6 is 0 Å². The molecule has 4 heteroatoms. The molecule has 2 aromatic rings. The lowest BCUT2D eigenvalue weighted by Crippen LogP contribution is -2.37. The van der Waals surface area contributed by atoms with E-state index in [4.69, 9.17) is 0 Å². The SMILES string of the molecule is O=C(Nc1cccnc1)N1CC=C(c2ccccc2)CC1. The number of hydrogen-bond acceptors (Lipinski definition) is 2. The highest BCUT2D eigenvalue weighted by molar-refractivity contribution is 5.89. The average Bonchev–Trinajstić information content (AvgIpc) is 2.57. The van der Waals surface area contributed by atoms with Crippen molar-refractivity contribution >= 4 is 17.3 Å². The first kappa shape index (κ1) is 13.4. The molecular formula is C17H17N3O. The highest BCUT2D eigenvalue weighted by atomic mass is 16.2. The van der Waals surface area contributed by atoms with Crippen LogP contribution in [0.2, 0.25) is 0 Å². The van der Waals surface area contributed by atoms with Crippen LogP contribution in [0.4, 0.5) is 10.5 Å². The smallest absolute Gasteiger partial charge is 0.320 e. The minimum Gasteiger partial charge on any atom is -0.320 e. The molecule has 0 fully saturated rings. The zero-order valence-corrected chi connectivity index (χ0v) is 11.7. The fourth-order valence-electron chi connectivity index (χ4n) is 2.41. The number of anilines is 1. The predicted molar refractivity (Wildman–Crippen MR) is 83.9 cm³/mol. The van der Waals surface area contributed by atoms with Gasteiger partial charge in [-0.2, -0.15) is 0 Å². The third kappa shape index (κ3) is 3.28. The zero-order chi connectivity index (χ0) is 14.5. The Bertz CT molecular complexity index is 638. The van der Waals surface area contributed by atoms with Crippen molar-refractivity contribution in [3.8, 4) is 0 Å². The van der Waals surface area contributed by atoms with Crippen LogP contribution in [0, 0.1) is 0 Å². The van der Waals surface area contributed by atoms with Crippen LogP contribution in [-0.2, 0) is 0 Å². The van der Waals surface area contributed by atoms with Gasteiger partial charge in [0.05, 0.1) is 11.9 Å². The first-order valence-corrected chi connectivity index (χ1v) is 7.03. The molecule has 1 aliphatic heterocycles. The van der Waals surface area contributed by atoms with Crippen LogP contribution in [0.5, 0.6) is 0 Å². The fraction of sp³-hybridized carbons (Fsp3) is 0.176. The summed E-state index contributed by atoms with van der Waals surface area (Å²) in [7, 11) is 0. The summed E-state index contributed by atoms with van der Waals surface area (Å²) in [5.74, 6) is 0. The maximum atomic E-state index is 12.2. The van der Waals surface area contributed by atoms with Crippen LogP contribution in [-0.4, -0.2) is 29.0 Å². The van der Waals surface area contributed by atoms with Crippen LogP contribution in [0.3, 0.4) is 0 Å². The van der Waals surface area contributed by atoms with Gasteiger partial charge in [0.25, 0.3) is 0 Å². The highest BCUT2D eigenvalue weighted by Gasteiger charge is 2.17. The quantitative estimate of drug-likeness (QED) is 0.915. The minimum absolute atomic E-state index is 0.0774. The van der Waals surface area contributed by atoms with Gasteiger partial charge in [0.2, 0.25) is 0 Å². The van der Waals surface area contributed by atoms with E-state index in [0.29, 0.717) is 6.54 Å². The Hall–Kier alpha value is -2.62. The molecule has 2 amide bonds. The molecule has 0 unspecified atom stereocenters. The van der Waals surface area contributed by atoms with E-state index in [1.807, 2.05) is 24.3 Å². The van der Waals surface area contributed by atoms with Gasteiger partial charge in [-0.1, -0.05) is 36.4 Å². The Labute approximate surface area is 124 Å². The number of rotatable bonds is 2. The number of urea groups is 1. The second-order valence-corrected chi connectivity index (χ2v) is 4.96. The Morgan fingerprint density at radius 1 is 1.14 bits per heavy atom. The van der Waals surface area contributed by atoms with E-state index in [1.54, 1.807) is 23.4 Å². The number of hydrogen-bond donors (Lipinski definition) is 1. The van der Waals surface area contributed by atoms with Crippen molar-refractivity contribution < 1.29 is 4.79 Å². The van der Waals surface area contributed by atoms with Crippen molar-refractivity contribution in [3.63, 3.8) is 0 Å². The Morgan fingerprint density at radius 3 is 2.67 bits per heavy atom. The van der Waals surface area contributed by atoms with E-state index in [0.717, 1.165) is 18.7 Å². The first-order valence-electron chi connectivity index (χ1n) is 7.03. The summed E-state index contributed by atoms with van der Waals surface area (Å²) in [6.07, 6.45) is 6.34. The van der Waals surface area contributed by atoms with E-state index in [-0.39, 0.29) is 6.03 Å². The molecule has 1 N–H and O–H groups in total. The molecule has 1 aliphatic rings. The van der Waals surface area contributed by atoms with Gasteiger partial charge in [0.1, 0.15) is 0 Å². The van der Waals surface area contributed by atoms with Crippen molar-refractivity contribution in [1.29, 1.82) is 0 Å². The van der Waals surface area contributed by atoms with Gasteiger partial charge in [-0.15, -0.1) is 0 Å². The summed E-state index contributed by atoms with van der Waals surface area (Å²) in [4.78, 5) is 18.0. The van der Waals surface area contributed by atoms with Gasteiger partial charge in [0, 0.05) is 19.3 Å². The van der Waals surface area contributed by atoms with Gasteiger partial charge in [-0.25, -0.2) is 4.79 Å². The maximum absolute atomic E-state index is 12.2. The third-order valence-corrected chi connectivity index (χ3v) is 3.55. The van der Waals surface area contributed by atoms with Crippen LogP contribution in [0.25, 0.3) is 5.57 Å². The molecule has 4 nitrogen and oxygen atoms in total. The predicted octanol–water partition coefficient (Wildman–Crippen LogP) is 3.40. The lowest BCUT2D eigenvalue weighted by molar-refractivity contribution is 0.217. The molecule has 106 valence electrons. The van der Waals surface area contributed by atoms with Crippen molar-refractivity contribution in [3.05, 3.63) is 66.5 Å². The largest absolute Gasteiger partial charge is 0.322 e. The molecule has 1 aromatic heterocycles. The lowest BCUT2D eigenvalue weighted by Gasteiger charge is -2.26. The summed E-state index contributed by atoms with van der Waals surface area (Å²) < 4.78 is 0. The number of carbonyl (C=O) groups is 1. The van der Waals surface area contributed by atoms with Gasteiger partial charge in [-0.05, 0) is 29.7 Å². The number of carbonyl (C=O) groups excluding carboxylic acids is 1. The Balaban J connectivity index is 1.63. The maximum Gasteiger partial charge on any atom is 0.322 e. The zero-order valence-electron chi connectivity index (χ0n) is 11.7. The van der Waals surface area contributed by atoms with Crippen molar-refractivity contribution in [1.82, 2.24) is 9.88 Å². The molecule has 21 heavy (non-hydrogen) atoms. The summed E-state index contributed by atoms with van der Waals surface area (Å²) in [6, 6.07) is 13.9. The van der Waals surface area contributed by atoms with Crippen LogP contribution in [0.1, 0.15) is 12.0 Å². The van der Waals surface area contributed by atoms with Gasteiger partial charge >= 0.3 is 6.03 Å². The Kier molecular flexibility index (Phi) is 3.96. The second kappa shape index (κ2) is 6.22. The van der Waals surface area contributed by atoms with Crippen LogP contribution < -0.4 is 5.32 Å². The normalized spacial score (nSPS) is 14.5. The molecule has 0 spiro atoms. The van der Waals surface area contributed by atoms with E-state index in [9.17, 15) is 4.79 Å². The average molecular weight is 279 g/mol. The molecule has 0 saturated heterocycles. The number of nitrogens with zero attached hydrogens (tertiary/aromatic N) is 2. The number of benzene rings is 1. The molecule has 0 aliphatic carbocycles. The van der Waals surface area contributed by atoms with Crippen molar-refractivity contribution in [2.45, 2.75) is 6.42 Å². The number of amides is 2.